The minimum absolute atomic E-state index is 0.163. The van der Waals surface area contributed by atoms with Crippen molar-refractivity contribution in [3.63, 3.8) is 0 Å². The summed E-state index contributed by atoms with van der Waals surface area (Å²) in [6.45, 7) is 8.35. The molecule has 1 amide bonds. The van der Waals surface area contributed by atoms with Crippen LogP contribution in [0.3, 0.4) is 0 Å². The summed E-state index contributed by atoms with van der Waals surface area (Å²) < 4.78 is 0. The topological polar surface area (TPSA) is 65.5 Å². The summed E-state index contributed by atoms with van der Waals surface area (Å²) in [5, 5.41) is 0. The zero-order chi connectivity index (χ0) is 20.4. The molecule has 0 unspecified atom stereocenters. The zero-order valence-corrected chi connectivity index (χ0v) is 17.7. The zero-order valence-electron chi connectivity index (χ0n) is 17.7. The molecule has 2 aromatic heterocycles. The number of rotatable bonds is 5. The molecule has 1 fully saturated rings. The molecule has 1 atom stereocenters. The van der Waals surface area contributed by atoms with E-state index in [1.807, 2.05) is 33.0 Å². The van der Waals surface area contributed by atoms with Crippen LogP contribution >= 0.6 is 0 Å². The number of hydrogen-bond acceptors (Lipinski definition) is 6. The molecule has 3 rings (SSSR count). The third kappa shape index (κ3) is 4.14. The third-order valence-corrected chi connectivity index (χ3v) is 5.64. The molecule has 3 heterocycles. The molecule has 0 N–H and O–H groups in total. The second kappa shape index (κ2) is 8.22. The average molecular weight is 383 g/mol. The SMILES string of the molecule is Cc1cnccc1CN(C)C(=O)c1nc(C)c(C)c(N2CC[C@@H](N(C)C)C2)n1. The molecule has 0 aromatic carbocycles. The summed E-state index contributed by atoms with van der Waals surface area (Å²) in [4.78, 5) is 32.5. The fourth-order valence-corrected chi connectivity index (χ4v) is 3.55. The second-order valence-corrected chi connectivity index (χ2v) is 7.90. The number of nitrogens with zero attached hydrogens (tertiary/aromatic N) is 6. The van der Waals surface area contributed by atoms with Gasteiger partial charge in [-0.1, -0.05) is 0 Å². The van der Waals surface area contributed by atoms with Gasteiger partial charge in [0.15, 0.2) is 0 Å². The Kier molecular flexibility index (Phi) is 5.93. The van der Waals surface area contributed by atoms with Gasteiger partial charge < -0.3 is 14.7 Å². The van der Waals surface area contributed by atoms with Crippen LogP contribution in [0.25, 0.3) is 0 Å². The number of aromatic nitrogens is 3. The van der Waals surface area contributed by atoms with Gasteiger partial charge in [0.05, 0.1) is 0 Å². The van der Waals surface area contributed by atoms with Crippen LogP contribution in [-0.4, -0.2) is 70.9 Å². The Morgan fingerprint density at radius 3 is 2.61 bits per heavy atom. The van der Waals surface area contributed by atoms with E-state index in [2.05, 4.69) is 38.8 Å². The molecule has 0 radical (unpaired) electrons. The minimum Gasteiger partial charge on any atom is -0.355 e. The second-order valence-electron chi connectivity index (χ2n) is 7.90. The number of anilines is 1. The fourth-order valence-electron chi connectivity index (χ4n) is 3.55. The van der Waals surface area contributed by atoms with E-state index in [4.69, 9.17) is 0 Å². The van der Waals surface area contributed by atoms with Crippen LogP contribution in [0.1, 0.15) is 39.4 Å². The Balaban J connectivity index is 1.83. The molecule has 0 spiro atoms. The van der Waals surface area contributed by atoms with Crippen molar-refractivity contribution in [3.8, 4) is 0 Å². The Hall–Kier alpha value is -2.54. The van der Waals surface area contributed by atoms with Crippen molar-refractivity contribution in [3.05, 3.63) is 46.7 Å². The van der Waals surface area contributed by atoms with Crippen molar-refractivity contribution >= 4 is 11.7 Å². The summed E-state index contributed by atoms with van der Waals surface area (Å²) in [6.07, 6.45) is 4.66. The van der Waals surface area contributed by atoms with Crippen molar-refractivity contribution < 1.29 is 4.79 Å². The predicted molar refractivity (Wildman–Crippen MR) is 111 cm³/mol. The molecule has 7 heteroatoms. The van der Waals surface area contributed by atoms with Crippen LogP contribution in [0.15, 0.2) is 18.5 Å². The molecule has 0 aliphatic carbocycles. The van der Waals surface area contributed by atoms with Crippen molar-refractivity contribution in [2.45, 2.75) is 39.8 Å². The molecule has 1 saturated heterocycles. The molecule has 1 aliphatic heterocycles. The van der Waals surface area contributed by atoms with Gasteiger partial charge in [0, 0.05) is 56.4 Å². The Morgan fingerprint density at radius 2 is 1.96 bits per heavy atom. The van der Waals surface area contributed by atoms with Gasteiger partial charge in [-0.05, 0) is 58.5 Å². The summed E-state index contributed by atoms with van der Waals surface area (Å²) in [5.41, 5.74) is 4.04. The number of hydrogen-bond donors (Lipinski definition) is 0. The number of carbonyl (C=O) groups is 1. The first-order valence-corrected chi connectivity index (χ1v) is 9.69. The largest absolute Gasteiger partial charge is 0.355 e. The number of carbonyl (C=O) groups excluding carboxylic acids is 1. The lowest BCUT2D eigenvalue weighted by molar-refractivity contribution is 0.0772. The van der Waals surface area contributed by atoms with E-state index in [1.165, 1.54) is 0 Å². The summed E-state index contributed by atoms with van der Waals surface area (Å²) >= 11 is 0. The molecular weight excluding hydrogens is 352 g/mol. The highest BCUT2D eigenvalue weighted by atomic mass is 16.2. The van der Waals surface area contributed by atoms with Crippen molar-refractivity contribution in [1.82, 2.24) is 24.8 Å². The molecule has 150 valence electrons. The van der Waals surface area contributed by atoms with Crippen LogP contribution in [-0.2, 0) is 6.54 Å². The lowest BCUT2D eigenvalue weighted by Crippen LogP contribution is -2.33. The van der Waals surface area contributed by atoms with E-state index in [0.29, 0.717) is 12.6 Å². The van der Waals surface area contributed by atoms with Gasteiger partial charge in [0.2, 0.25) is 5.82 Å². The highest BCUT2D eigenvalue weighted by molar-refractivity contribution is 5.90. The van der Waals surface area contributed by atoms with Gasteiger partial charge in [-0.15, -0.1) is 0 Å². The van der Waals surface area contributed by atoms with Crippen LogP contribution in [0, 0.1) is 20.8 Å². The minimum atomic E-state index is -0.163. The Bertz CT molecular complexity index is 866. The highest BCUT2D eigenvalue weighted by Gasteiger charge is 2.28. The molecule has 1 aliphatic rings. The van der Waals surface area contributed by atoms with Gasteiger partial charge in [0.1, 0.15) is 5.82 Å². The number of pyridine rings is 1. The third-order valence-electron chi connectivity index (χ3n) is 5.64. The van der Waals surface area contributed by atoms with Gasteiger partial charge >= 0.3 is 0 Å². The molecule has 28 heavy (non-hydrogen) atoms. The van der Waals surface area contributed by atoms with Gasteiger partial charge in [-0.2, -0.15) is 0 Å². The van der Waals surface area contributed by atoms with Gasteiger partial charge in [0.25, 0.3) is 5.91 Å². The van der Waals surface area contributed by atoms with Crippen LogP contribution in [0.5, 0.6) is 0 Å². The average Bonchev–Trinajstić information content (AvgIpc) is 3.15. The van der Waals surface area contributed by atoms with Crippen molar-refractivity contribution in [2.24, 2.45) is 0 Å². The monoisotopic (exact) mass is 382 g/mol. The summed E-state index contributed by atoms with van der Waals surface area (Å²) in [7, 11) is 6.01. The molecular formula is C21H30N6O. The molecule has 7 nitrogen and oxygen atoms in total. The lowest BCUT2D eigenvalue weighted by atomic mass is 10.1. The first kappa shape index (κ1) is 20.2. The quantitative estimate of drug-likeness (QED) is 0.790. The molecule has 2 aromatic rings. The van der Waals surface area contributed by atoms with E-state index in [9.17, 15) is 4.79 Å². The van der Waals surface area contributed by atoms with Crippen molar-refractivity contribution in [2.75, 3.05) is 39.1 Å². The highest BCUT2D eigenvalue weighted by Crippen LogP contribution is 2.25. The maximum Gasteiger partial charge on any atom is 0.291 e. The van der Waals surface area contributed by atoms with Crippen LogP contribution in [0.2, 0.25) is 0 Å². The van der Waals surface area contributed by atoms with Gasteiger partial charge in [-0.25, -0.2) is 9.97 Å². The van der Waals surface area contributed by atoms with Gasteiger partial charge in [-0.3, -0.25) is 9.78 Å². The predicted octanol–water partition coefficient (Wildman–Crippen LogP) is 2.21. The Morgan fingerprint density at radius 1 is 1.21 bits per heavy atom. The van der Waals surface area contributed by atoms with E-state index in [-0.39, 0.29) is 11.7 Å². The lowest BCUT2D eigenvalue weighted by Gasteiger charge is -2.24. The van der Waals surface area contributed by atoms with Crippen LogP contribution in [0.4, 0.5) is 5.82 Å². The normalized spacial score (nSPS) is 16.7. The number of amides is 1. The van der Waals surface area contributed by atoms with E-state index in [0.717, 1.165) is 47.7 Å². The molecule has 0 saturated carbocycles. The van der Waals surface area contributed by atoms with E-state index in [1.54, 1.807) is 18.1 Å². The smallest absolute Gasteiger partial charge is 0.291 e. The fraction of sp³-hybridized carbons (Fsp3) is 0.524. The maximum absolute atomic E-state index is 13.0. The van der Waals surface area contributed by atoms with Crippen LogP contribution < -0.4 is 4.90 Å². The first-order chi connectivity index (χ1) is 13.3. The van der Waals surface area contributed by atoms with E-state index < -0.39 is 0 Å². The van der Waals surface area contributed by atoms with E-state index >= 15 is 0 Å². The number of aryl methyl sites for hydroxylation is 2. The van der Waals surface area contributed by atoms with Crippen molar-refractivity contribution in [1.29, 1.82) is 0 Å². The molecule has 0 bridgehead atoms. The Labute approximate surface area is 167 Å². The summed E-state index contributed by atoms with van der Waals surface area (Å²) in [6, 6.07) is 2.45. The number of likely N-dealkylation sites (N-methyl/N-ethyl adjacent to an activating group) is 1. The maximum atomic E-state index is 13.0. The standard InChI is InChI=1S/C21H30N6O/c1-14-11-22-9-7-17(14)12-26(6)21(28)19-23-16(3)15(2)20(24-19)27-10-8-18(13-27)25(4)5/h7,9,11,18H,8,10,12-13H2,1-6H3/t18-/m1/s1. The summed E-state index contributed by atoms with van der Waals surface area (Å²) in [5.74, 6) is 0.984. The first-order valence-electron chi connectivity index (χ1n) is 9.69.